The molecule has 0 heterocycles. The highest BCUT2D eigenvalue weighted by molar-refractivity contribution is 6.42. The van der Waals surface area contributed by atoms with Gasteiger partial charge in [0, 0.05) is 0 Å². The normalized spacial score (nSPS) is 8.67. The number of carbonyl (C=O) groups is 1. The molecule has 0 aliphatic rings. The van der Waals surface area contributed by atoms with Gasteiger partial charge in [-0.3, -0.25) is 4.79 Å². The van der Waals surface area contributed by atoms with E-state index in [1.165, 1.54) is 0 Å². The highest BCUT2D eigenvalue weighted by atomic mass is 16.1. The smallest absolute Gasteiger partial charge is 0.361 e. The van der Waals surface area contributed by atoms with Crippen LogP contribution in [-0.2, 0) is 4.79 Å². The molecular weight excluding hydrogens is 154 g/mol. The van der Waals surface area contributed by atoms with Gasteiger partial charge in [-0.15, -0.1) is 0 Å². The first kappa shape index (κ1) is 8.17. The molecule has 0 aliphatic carbocycles. The van der Waals surface area contributed by atoms with Gasteiger partial charge in [-0.2, -0.15) is 4.79 Å². The van der Waals surface area contributed by atoms with Gasteiger partial charge >= 0.3 is 11.6 Å². The molecule has 2 N–H and O–H groups in total. The van der Waals surface area contributed by atoms with E-state index in [2.05, 4.69) is 4.79 Å². The van der Waals surface area contributed by atoms with Crippen molar-refractivity contribution in [2.45, 2.75) is 0 Å². The minimum Gasteiger partial charge on any atom is -0.361 e. The van der Waals surface area contributed by atoms with Gasteiger partial charge in [0.1, 0.15) is 0 Å². The number of carbonyl (C=O) groups excluding carboxylic acids is 1. The fourth-order valence-electron chi connectivity index (χ4n) is 0.845. The van der Waals surface area contributed by atoms with Crippen LogP contribution in [0.15, 0.2) is 30.3 Å². The molecule has 0 bridgehead atoms. The van der Waals surface area contributed by atoms with Crippen LogP contribution >= 0.6 is 0 Å². The Hall–Kier alpha value is -1.93. The van der Waals surface area contributed by atoms with Crippen LogP contribution in [0.1, 0.15) is 5.56 Å². The van der Waals surface area contributed by atoms with Crippen LogP contribution in [0.25, 0.3) is 5.53 Å². The lowest BCUT2D eigenvalue weighted by atomic mass is 10.1. The van der Waals surface area contributed by atoms with Crippen LogP contribution in [0.5, 0.6) is 0 Å². The van der Waals surface area contributed by atoms with Gasteiger partial charge in [-0.25, -0.2) is 0 Å². The third kappa shape index (κ3) is 1.56. The standard InChI is InChI=1S/C8H7N3O/c9-8(12)7(11-10)6-4-2-1-3-5-6/h1-5H,(H2,9,12). The maximum absolute atomic E-state index is 10.7. The lowest BCUT2D eigenvalue weighted by Crippen LogP contribution is -2.24. The van der Waals surface area contributed by atoms with Crippen molar-refractivity contribution < 1.29 is 9.58 Å². The molecule has 1 aromatic rings. The molecule has 4 heteroatoms. The summed E-state index contributed by atoms with van der Waals surface area (Å²) in [4.78, 5) is 13.5. The second-order valence-corrected chi connectivity index (χ2v) is 2.18. The summed E-state index contributed by atoms with van der Waals surface area (Å²) in [5.41, 5.74) is 13.8. The van der Waals surface area contributed by atoms with Crippen LogP contribution < -0.4 is 5.73 Å². The SMILES string of the molecule is [N-]=[N+]=C(C(N)=O)c1ccccc1. The van der Waals surface area contributed by atoms with Crippen molar-refractivity contribution in [2.75, 3.05) is 0 Å². The van der Waals surface area contributed by atoms with E-state index in [1.54, 1.807) is 30.3 Å². The van der Waals surface area contributed by atoms with E-state index in [-0.39, 0.29) is 5.71 Å². The van der Waals surface area contributed by atoms with Gasteiger partial charge in [-0.1, -0.05) is 18.2 Å². The molecule has 0 unspecified atom stereocenters. The van der Waals surface area contributed by atoms with Crippen molar-refractivity contribution in [2.24, 2.45) is 5.73 Å². The molecule has 60 valence electrons. The summed E-state index contributed by atoms with van der Waals surface area (Å²) in [5, 5.41) is 0. The van der Waals surface area contributed by atoms with Crippen molar-refractivity contribution in [1.82, 2.24) is 0 Å². The maximum atomic E-state index is 10.7. The molecule has 0 aromatic heterocycles. The Morgan fingerprint density at radius 3 is 2.33 bits per heavy atom. The summed E-state index contributed by atoms with van der Waals surface area (Å²) in [5.74, 6) is -0.747. The predicted octanol–water partition coefficient (Wildman–Crippen LogP) is 0.191. The fraction of sp³-hybridized carbons (Fsp3) is 0. The zero-order chi connectivity index (χ0) is 8.97. The third-order valence-corrected chi connectivity index (χ3v) is 1.38. The van der Waals surface area contributed by atoms with E-state index in [0.29, 0.717) is 5.56 Å². The first-order valence-electron chi connectivity index (χ1n) is 3.33. The van der Waals surface area contributed by atoms with Crippen molar-refractivity contribution >= 4 is 11.6 Å². The van der Waals surface area contributed by atoms with E-state index in [9.17, 15) is 4.79 Å². The van der Waals surface area contributed by atoms with Crippen LogP contribution in [0, 0.1) is 0 Å². The number of benzene rings is 1. The van der Waals surface area contributed by atoms with Crippen molar-refractivity contribution in [3.8, 4) is 0 Å². The first-order valence-corrected chi connectivity index (χ1v) is 3.33. The molecule has 0 aliphatic heterocycles. The Morgan fingerprint density at radius 1 is 1.33 bits per heavy atom. The molecule has 0 saturated carbocycles. The number of hydrogen-bond donors (Lipinski definition) is 1. The van der Waals surface area contributed by atoms with Crippen LogP contribution in [0.2, 0.25) is 0 Å². The largest absolute Gasteiger partial charge is 0.386 e. The monoisotopic (exact) mass is 161 g/mol. The average molecular weight is 161 g/mol. The highest BCUT2D eigenvalue weighted by Crippen LogP contribution is 1.97. The van der Waals surface area contributed by atoms with Crippen molar-refractivity contribution in [3.05, 3.63) is 41.4 Å². The van der Waals surface area contributed by atoms with Crippen molar-refractivity contribution in [1.29, 1.82) is 0 Å². The van der Waals surface area contributed by atoms with E-state index in [1.807, 2.05) is 0 Å². The summed E-state index contributed by atoms with van der Waals surface area (Å²) in [6, 6.07) is 8.52. The second-order valence-electron chi connectivity index (χ2n) is 2.18. The molecule has 0 fully saturated rings. The number of rotatable bonds is 2. The lowest BCUT2D eigenvalue weighted by molar-refractivity contribution is -0.116. The fourth-order valence-corrected chi connectivity index (χ4v) is 0.845. The molecule has 0 spiro atoms. The first-order chi connectivity index (χ1) is 5.75. The third-order valence-electron chi connectivity index (χ3n) is 1.38. The molecule has 0 radical (unpaired) electrons. The van der Waals surface area contributed by atoms with E-state index < -0.39 is 5.91 Å². The quantitative estimate of drug-likeness (QED) is 0.375. The number of nitrogens with two attached hydrogens (primary N) is 1. The summed E-state index contributed by atoms with van der Waals surface area (Å²) >= 11 is 0. The Kier molecular flexibility index (Phi) is 2.35. The minimum atomic E-state index is -0.747. The van der Waals surface area contributed by atoms with Gasteiger partial charge in [0.15, 0.2) is 0 Å². The minimum absolute atomic E-state index is 0.129. The van der Waals surface area contributed by atoms with E-state index in [4.69, 9.17) is 11.3 Å². The molecule has 1 rings (SSSR count). The van der Waals surface area contributed by atoms with Crippen molar-refractivity contribution in [3.63, 3.8) is 0 Å². The Balaban J connectivity index is 3.14. The molecule has 1 amide bonds. The number of hydrogen-bond acceptors (Lipinski definition) is 1. The summed E-state index contributed by atoms with van der Waals surface area (Å²) < 4.78 is 0. The maximum Gasteiger partial charge on any atom is 0.386 e. The average Bonchev–Trinajstić information content (AvgIpc) is 2.07. The Morgan fingerprint density at radius 2 is 1.92 bits per heavy atom. The van der Waals surface area contributed by atoms with E-state index >= 15 is 0 Å². The summed E-state index contributed by atoms with van der Waals surface area (Å²) in [6.45, 7) is 0. The molecule has 12 heavy (non-hydrogen) atoms. The Bertz CT molecular complexity index is 339. The molecule has 0 atom stereocenters. The highest BCUT2D eigenvalue weighted by Gasteiger charge is 2.17. The molecule has 1 aromatic carbocycles. The predicted molar refractivity (Wildman–Crippen MR) is 43.4 cm³/mol. The Labute approximate surface area is 69.2 Å². The van der Waals surface area contributed by atoms with Gasteiger partial charge in [-0.05, 0) is 12.1 Å². The van der Waals surface area contributed by atoms with Gasteiger partial charge in [0.05, 0.1) is 5.56 Å². The number of amides is 1. The van der Waals surface area contributed by atoms with E-state index in [0.717, 1.165) is 0 Å². The lowest BCUT2D eigenvalue weighted by Gasteiger charge is -1.89. The zero-order valence-electron chi connectivity index (χ0n) is 6.27. The van der Waals surface area contributed by atoms with Crippen LogP contribution in [0.3, 0.4) is 0 Å². The van der Waals surface area contributed by atoms with Crippen LogP contribution in [-0.4, -0.2) is 16.4 Å². The molecule has 4 nitrogen and oxygen atoms in total. The summed E-state index contributed by atoms with van der Waals surface area (Å²) in [7, 11) is 0. The zero-order valence-corrected chi connectivity index (χ0v) is 6.27. The number of nitrogens with zero attached hydrogens (tertiary/aromatic N) is 2. The summed E-state index contributed by atoms with van der Waals surface area (Å²) in [6.07, 6.45) is 0. The van der Waals surface area contributed by atoms with Gasteiger partial charge in [0.2, 0.25) is 0 Å². The molecule has 0 saturated heterocycles. The topological polar surface area (TPSA) is 79.5 Å². The molecular formula is C8H7N3O. The second kappa shape index (κ2) is 3.46. The van der Waals surface area contributed by atoms with Crippen LogP contribution in [0.4, 0.5) is 0 Å². The van der Waals surface area contributed by atoms with Gasteiger partial charge < -0.3 is 11.3 Å². The number of primary amides is 1. The van der Waals surface area contributed by atoms with Gasteiger partial charge in [0.25, 0.3) is 0 Å².